The summed E-state index contributed by atoms with van der Waals surface area (Å²) in [5.41, 5.74) is 0.840. The molecule has 3 aromatic rings. The summed E-state index contributed by atoms with van der Waals surface area (Å²) in [4.78, 5) is 15.0. The molecule has 0 spiro atoms. The first-order valence-electron chi connectivity index (χ1n) is 6.81. The Labute approximate surface area is 134 Å². The molecule has 0 fully saturated rings. The van der Waals surface area contributed by atoms with Crippen molar-refractivity contribution in [3.05, 3.63) is 65.9 Å². The zero-order chi connectivity index (χ0) is 17.3. The van der Waals surface area contributed by atoms with Gasteiger partial charge in [0, 0.05) is 11.1 Å². The molecule has 7 heteroatoms. The second-order valence-electron chi connectivity index (χ2n) is 5.00. The Hall–Kier alpha value is -3.09. The second kappa shape index (κ2) is 5.84. The van der Waals surface area contributed by atoms with Gasteiger partial charge in [0.15, 0.2) is 0 Å². The molecule has 1 N–H and O–H groups in total. The van der Waals surface area contributed by atoms with Gasteiger partial charge in [0.05, 0.1) is 11.1 Å². The first-order chi connectivity index (χ1) is 11.3. The number of aromatic nitrogens is 1. The van der Waals surface area contributed by atoms with Crippen LogP contribution in [0.5, 0.6) is 0 Å². The lowest BCUT2D eigenvalue weighted by Gasteiger charge is -2.06. The molecule has 0 bridgehead atoms. The number of alkyl halides is 3. The number of oxazole rings is 1. The number of rotatable bonds is 3. The molecule has 24 heavy (non-hydrogen) atoms. The minimum Gasteiger partial charge on any atom is -0.478 e. The van der Waals surface area contributed by atoms with Crippen molar-refractivity contribution < 1.29 is 27.5 Å². The Bertz CT molecular complexity index is 865. The van der Waals surface area contributed by atoms with Crippen LogP contribution < -0.4 is 0 Å². The Kier molecular flexibility index (Phi) is 3.84. The summed E-state index contributed by atoms with van der Waals surface area (Å²) in [6.45, 7) is 0. The lowest BCUT2D eigenvalue weighted by Crippen LogP contribution is -2.03. The maximum atomic E-state index is 12.6. The van der Waals surface area contributed by atoms with Gasteiger partial charge in [0.25, 0.3) is 0 Å². The zero-order valence-corrected chi connectivity index (χ0v) is 12.0. The van der Waals surface area contributed by atoms with Gasteiger partial charge in [-0.2, -0.15) is 13.2 Å². The van der Waals surface area contributed by atoms with Crippen LogP contribution in [0, 0.1) is 0 Å². The molecule has 122 valence electrons. The highest BCUT2D eigenvalue weighted by Crippen LogP contribution is 2.31. The average molecular weight is 333 g/mol. The van der Waals surface area contributed by atoms with Crippen LogP contribution in [0.15, 0.2) is 59.2 Å². The topological polar surface area (TPSA) is 63.3 Å². The summed E-state index contributed by atoms with van der Waals surface area (Å²) in [6, 6.07) is 10.5. The van der Waals surface area contributed by atoms with Crippen LogP contribution in [0.2, 0.25) is 0 Å². The molecule has 0 aliphatic carbocycles. The van der Waals surface area contributed by atoms with Crippen molar-refractivity contribution in [2.24, 2.45) is 0 Å². The predicted molar refractivity (Wildman–Crippen MR) is 79.3 cm³/mol. The van der Waals surface area contributed by atoms with Gasteiger partial charge in [0.2, 0.25) is 5.89 Å². The number of halogens is 3. The van der Waals surface area contributed by atoms with Gasteiger partial charge in [0.1, 0.15) is 12.0 Å². The summed E-state index contributed by atoms with van der Waals surface area (Å²) in [6.07, 6.45) is -3.05. The average Bonchev–Trinajstić information content (AvgIpc) is 3.04. The second-order valence-corrected chi connectivity index (χ2v) is 5.00. The fourth-order valence-electron chi connectivity index (χ4n) is 2.12. The lowest BCUT2D eigenvalue weighted by atomic mass is 10.1. The van der Waals surface area contributed by atoms with Gasteiger partial charge < -0.3 is 9.52 Å². The van der Waals surface area contributed by atoms with E-state index in [0.29, 0.717) is 16.8 Å². The van der Waals surface area contributed by atoms with Crippen molar-refractivity contribution in [1.29, 1.82) is 0 Å². The third-order valence-electron chi connectivity index (χ3n) is 3.39. The molecule has 0 saturated carbocycles. The first-order valence-corrected chi connectivity index (χ1v) is 6.81. The van der Waals surface area contributed by atoms with E-state index >= 15 is 0 Å². The van der Waals surface area contributed by atoms with Gasteiger partial charge in [-0.3, -0.25) is 0 Å². The highest BCUT2D eigenvalue weighted by atomic mass is 19.4. The fourth-order valence-corrected chi connectivity index (χ4v) is 2.12. The molecule has 3 rings (SSSR count). The monoisotopic (exact) mass is 333 g/mol. The highest BCUT2D eigenvalue weighted by Gasteiger charge is 2.30. The molecular formula is C17H10F3NO3. The zero-order valence-electron chi connectivity index (χ0n) is 12.0. The van der Waals surface area contributed by atoms with Crippen molar-refractivity contribution >= 4 is 5.97 Å². The van der Waals surface area contributed by atoms with Crippen molar-refractivity contribution in [2.75, 3.05) is 0 Å². The highest BCUT2D eigenvalue weighted by molar-refractivity contribution is 5.88. The largest absolute Gasteiger partial charge is 0.478 e. The third kappa shape index (κ3) is 3.15. The molecule has 0 radical (unpaired) electrons. The van der Waals surface area contributed by atoms with E-state index in [1.165, 1.54) is 30.5 Å². The van der Waals surface area contributed by atoms with Crippen molar-refractivity contribution in [1.82, 2.24) is 4.98 Å². The van der Waals surface area contributed by atoms with Gasteiger partial charge in [-0.15, -0.1) is 0 Å². The Balaban J connectivity index is 1.86. The molecule has 2 aromatic carbocycles. The number of hydrogen-bond donors (Lipinski definition) is 1. The Morgan fingerprint density at radius 1 is 0.958 bits per heavy atom. The number of nitrogens with zero attached hydrogens (tertiary/aromatic N) is 1. The van der Waals surface area contributed by atoms with E-state index in [1.807, 2.05) is 0 Å². The summed E-state index contributed by atoms with van der Waals surface area (Å²) in [5, 5.41) is 8.86. The molecule has 0 atom stereocenters. The molecular weight excluding hydrogens is 323 g/mol. The first kappa shape index (κ1) is 15.8. The summed E-state index contributed by atoms with van der Waals surface area (Å²) in [5.74, 6) is -0.791. The van der Waals surface area contributed by atoms with E-state index < -0.39 is 17.7 Å². The Morgan fingerprint density at radius 3 is 2.08 bits per heavy atom. The van der Waals surface area contributed by atoms with Crippen LogP contribution in [0.25, 0.3) is 22.7 Å². The van der Waals surface area contributed by atoms with E-state index in [1.54, 1.807) is 12.1 Å². The smallest absolute Gasteiger partial charge is 0.416 e. The number of aromatic carboxylic acids is 1. The van der Waals surface area contributed by atoms with Crippen LogP contribution >= 0.6 is 0 Å². The van der Waals surface area contributed by atoms with E-state index in [-0.39, 0.29) is 11.5 Å². The molecule has 4 nitrogen and oxygen atoms in total. The number of carboxylic acid groups (broad SMARTS) is 1. The molecule has 1 aromatic heterocycles. The van der Waals surface area contributed by atoms with E-state index in [2.05, 4.69) is 4.98 Å². The number of benzene rings is 2. The number of carboxylic acids is 1. The molecule has 0 saturated heterocycles. The molecule has 1 heterocycles. The molecule has 0 aliphatic rings. The van der Waals surface area contributed by atoms with Gasteiger partial charge in [-0.25, -0.2) is 9.78 Å². The van der Waals surface area contributed by atoms with Crippen molar-refractivity contribution in [2.45, 2.75) is 6.18 Å². The Morgan fingerprint density at radius 2 is 1.54 bits per heavy atom. The maximum Gasteiger partial charge on any atom is 0.416 e. The number of hydrogen-bond acceptors (Lipinski definition) is 3. The minimum atomic E-state index is -4.39. The molecule has 0 amide bonds. The van der Waals surface area contributed by atoms with E-state index in [4.69, 9.17) is 9.52 Å². The third-order valence-corrected chi connectivity index (χ3v) is 3.39. The molecule has 0 aliphatic heterocycles. The van der Waals surface area contributed by atoms with Crippen LogP contribution in [0.4, 0.5) is 13.2 Å². The van der Waals surface area contributed by atoms with Crippen LogP contribution in [-0.4, -0.2) is 16.1 Å². The standard InChI is InChI=1S/C17H10F3NO3/c18-17(19,20)13-7-5-10(6-8-13)14-9-24-15(21-14)11-1-3-12(4-2-11)16(22)23/h1-9H,(H,22,23). The van der Waals surface area contributed by atoms with E-state index in [9.17, 15) is 18.0 Å². The van der Waals surface area contributed by atoms with E-state index in [0.717, 1.165) is 12.1 Å². The van der Waals surface area contributed by atoms with Crippen LogP contribution in [-0.2, 0) is 6.18 Å². The normalized spacial score (nSPS) is 11.5. The minimum absolute atomic E-state index is 0.133. The maximum absolute atomic E-state index is 12.6. The summed E-state index contributed by atoms with van der Waals surface area (Å²) >= 11 is 0. The number of carbonyl (C=O) groups is 1. The quantitative estimate of drug-likeness (QED) is 0.753. The summed E-state index contributed by atoms with van der Waals surface area (Å²) in [7, 11) is 0. The van der Waals surface area contributed by atoms with Crippen molar-refractivity contribution in [3.63, 3.8) is 0 Å². The van der Waals surface area contributed by atoms with Gasteiger partial charge in [-0.1, -0.05) is 12.1 Å². The summed E-state index contributed by atoms with van der Waals surface area (Å²) < 4.78 is 43.0. The van der Waals surface area contributed by atoms with Gasteiger partial charge in [-0.05, 0) is 36.4 Å². The van der Waals surface area contributed by atoms with Crippen LogP contribution in [0.3, 0.4) is 0 Å². The van der Waals surface area contributed by atoms with Crippen LogP contribution in [0.1, 0.15) is 15.9 Å². The molecule has 0 unspecified atom stereocenters. The van der Waals surface area contributed by atoms with Gasteiger partial charge >= 0.3 is 12.1 Å². The predicted octanol–water partition coefficient (Wildman–Crippen LogP) is 4.73. The fraction of sp³-hybridized carbons (Fsp3) is 0.0588. The van der Waals surface area contributed by atoms with Crippen molar-refractivity contribution in [3.8, 4) is 22.7 Å². The lowest BCUT2D eigenvalue weighted by molar-refractivity contribution is -0.137. The SMILES string of the molecule is O=C(O)c1ccc(-c2nc(-c3ccc(C(F)(F)F)cc3)co2)cc1.